The summed E-state index contributed by atoms with van der Waals surface area (Å²) in [5, 5.41) is 8.22. The summed E-state index contributed by atoms with van der Waals surface area (Å²) in [5.74, 6) is -0.666. The highest BCUT2D eigenvalue weighted by molar-refractivity contribution is 5.70. The summed E-state index contributed by atoms with van der Waals surface area (Å²) >= 11 is 0. The first-order valence-electron chi connectivity index (χ1n) is 3.12. The third kappa shape index (κ3) is 4.29. The van der Waals surface area contributed by atoms with Crippen LogP contribution in [0.15, 0.2) is 0 Å². The van der Waals surface area contributed by atoms with Crippen LogP contribution >= 0.6 is 0 Å². The Balaban J connectivity index is 3.37. The van der Waals surface area contributed by atoms with Gasteiger partial charge in [0.1, 0.15) is 6.61 Å². The third-order valence-corrected chi connectivity index (χ3v) is 0.828. The highest BCUT2D eigenvalue weighted by Crippen LogP contribution is 1.92. The number of carbonyl (C=O) groups is 1. The first-order valence-corrected chi connectivity index (χ1v) is 3.12. The van der Waals surface area contributed by atoms with E-state index in [0.29, 0.717) is 6.61 Å². The van der Waals surface area contributed by atoms with E-state index in [-0.39, 0.29) is 0 Å². The van der Waals surface area contributed by atoms with E-state index in [1.807, 2.05) is 0 Å². The van der Waals surface area contributed by atoms with Crippen LogP contribution in [0.3, 0.4) is 0 Å². The molecule has 0 saturated heterocycles. The van der Waals surface area contributed by atoms with Crippen molar-refractivity contribution in [1.82, 2.24) is 0 Å². The quantitative estimate of drug-likeness (QED) is 0.447. The zero-order valence-electron chi connectivity index (χ0n) is 6.16. The number of aliphatic hydroxyl groups excluding tert-OH is 1. The fourth-order valence-corrected chi connectivity index (χ4v) is 0.491. The molecule has 0 fully saturated rings. The van der Waals surface area contributed by atoms with Crippen LogP contribution in [0.5, 0.6) is 0 Å². The molecule has 0 aromatic carbocycles. The van der Waals surface area contributed by atoms with Gasteiger partial charge in [-0.2, -0.15) is 0 Å². The van der Waals surface area contributed by atoms with Crippen molar-refractivity contribution in [2.75, 3.05) is 13.2 Å². The maximum atomic E-state index is 10.3. The molecule has 0 spiro atoms. The van der Waals surface area contributed by atoms with Gasteiger partial charge in [0.2, 0.25) is 0 Å². The molecule has 0 amide bonds. The predicted octanol–water partition coefficient (Wildman–Crippen LogP) is -0.0956. The van der Waals surface area contributed by atoms with Gasteiger partial charge >= 0.3 is 5.97 Å². The van der Waals surface area contributed by atoms with Crippen molar-refractivity contribution in [2.45, 2.75) is 20.1 Å². The molecular formula is C6H12O4. The van der Waals surface area contributed by atoms with Gasteiger partial charge in [-0.25, -0.2) is 4.79 Å². The first kappa shape index (κ1) is 9.39. The topological polar surface area (TPSA) is 55.8 Å². The number of carbonyl (C=O) groups excluding carboxylic acids is 1. The van der Waals surface area contributed by atoms with Crippen LogP contribution in [-0.4, -0.2) is 30.6 Å². The summed E-state index contributed by atoms with van der Waals surface area (Å²) in [5.41, 5.74) is 0. The van der Waals surface area contributed by atoms with Crippen molar-refractivity contribution in [3.63, 3.8) is 0 Å². The second-order valence-corrected chi connectivity index (χ2v) is 1.67. The van der Waals surface area contributed by atoms with Crippen LogP contribution in [0.4, 0.5) is 0 Å². The van der Waals surface area contributed by atoms with Gasteiger partial charge in [0.25, 0.3) is 0 Å². The minimum absolute atomic E-state index is 0.486. The fraction of sp³-hybridized carbons (Fsp3) is 0.833. The molecule has 0 aliphatic rings. The van der Waals surface area contributed by atoms with Gasteiger partial charge in [0.15, 0.2) is 6.29 Å². The van der Waals surface area contributed by atoms with Crippen LogP contribution in [0.25, 0.3) is 0 Å². The average Bonchev–Trinajstić information content (AvgIpc) is 1.88. The van der Waals surface area contributed by atoms with Crippen molar-refractivity contribution in [3.8, 4) is 0 Å². The van der Waals surface area contributed by atoms with E-state index >= 15 is 0 Å². The molecule has 1 atom stereocenters. The van der Waals surface area contributed by atoms with E-state index in [4.69, 9.17) is 9.84 Å². The molecule has 0 rings (SSSR count). The highest BCUT2D eigenvalue weighted by atomic mass is 16.7. The van der Waals surface area contributed by atoms with Gasteiger partial charge in [-0.1, -0.05) is 0 Å². The normalized spacial score (nSPS) is 12.7. The molecule has 0 radical (unpaired) electrons. The Morgan fingerprint density at radius 2 is 2.30 bits per heavy atom. The Hall–Kier alpha value is -0.610. The standard InChI is InChI=1S/C6H12O4/c1-3-9-5(2)10-6(8)4-7/h5,7H,3-4H2,1-2H3. The number of ether oxygens (including phenoxy) is 2. The lowest BCUT2D eigenvalue weighted by Crippen LogP contribution is -2.20. The lowest BCUT2D eigenvalue weighted by molar-refractivity contribution is -0.176. The number of hydrogen-bond donors (Lipinski definition) is 1. The van der Waals surface area contributed by atoms with Gasteiger partial charge in [0.05, 0.1) is 0 Å². The van der Waals surface area contributed by atoms with E-state index < -0.39 is 18.9 Å². The molecule has 0 bridgehead atoms. The van der Waals surface area contributed by atoms with Crippen LogP contribution in [0.1, 0.15) is 13.8 Å². The smallest absolute Gasteiger partial charge is 0.334 e. The van der Waals surface area contributed by atoms with Crippen molar-refractivity contribution in [2.24, 2.45) is 0 Å². The van der Waals surface area contributed by atoms with Gasteiger partial charge in [-0.15, -0.1) is 0 Å². The Bertz CT molecular complexity index is 102. The fourth-order valence-electron chi connectivity index (χ4n) is 0.491. The van der Waals surface area contributed by atoms with Crippen molar-refractivity contribution in [3.05, 3.63) is 0 Å². The van der Waals surface area contributed by atoms with E-state index in [1.54, 1.807) is 13.8 Å². The molecule has 0 aromatic heterocycles. The second kappa shape index (κ2) is 5.20. The van der Waals surface area contributed by atoms with Crippen LogP contribution in [-0.2, 0) is 14.3 Å². The first-order chi connectivity index (χ1) is 4.70. The summed E-state index contributed by atoms with van der Waals surface area (Å²) in [6.45, 7) is 3.28. The minimum atomic E-state index is -0.666. The predicted molar refractivity (Wildman–Crippen MR) is 34.3 cm³/mol. The van der Waals surface area contributed by atoms with Crippen LogP contribution < -0.4 is 0 Å². The van der Waals surface area contributed by atoms with Crippen molar-refractivity contribution >= 4 is 5.97 Å². The maximum absolute atomic E-state index is 10.3. The molecule has 0 aromatic rings. The van der Waals surface area contributed by atoms with E-state index in [1.165, 1.54) is 0 Å². The molecule has 4 heteroatoms. The zero-order valence-corrected chi connectivity index (χ0v) is 6.16. The Kier molecular flexibility index (Phi) is 4.88. The summed E-state index contributed by atoms with van der Waals surface area (Å²) in [7, 11) is 0. The summed E-state index contributed by atoms with van der Waals surface area (Å²) in [4.78, 5) is 10.3. The number of rotatable bonds is 4. The SMILES string of the molecule is CCOC(C)OC(=O)CO. The summed E-state index contributed by atoms with van der Waals surface area (Å²) in [6, 6.07) is 0. The zero-order chi connectivity index (χ0) is 7.98. The van der Waals surface area contributed by atoms with Crippen molar-refractivity contribution in [1.29, 1.82) is 0 Å². The van der Waals surface area contributed by atoms with E-state index in [2.05, 4.69) is 4.74 Å². The molecule has 10 heavy (non-hydrogen) atoms. The number of hydrogen-bond acceptors (Lipinski definition) is 4. The molecule has 0 aliphatic heterocycles. The summed E-state index contributed by atoms with van der Waals surface area (Å²) < 4.78 is 9.39. The minimum Gasteiger partial charge on any atom is -0.434 e. The second-order valence-electron chi connectivity index (χ2n) is 1.67. The molecule has 60 valence electrons. The molecule has 1 N–H and O–H groups in total. The molecule has 0 saturated carbocycles. The summed E-state index contributed by atoms with van der Waals surface area (Å²) in [6.07, 6.45) is -0.565. The van der Waals surface area contributed by atoms with Crippen LogP contribution in [0.2, 0.25) is 0 Å². The maximum Gasteiger partial charge on any atom is 0.334 e. The number of esters is 1. The van der Waals surface area contributed by atoms with Crippen LogP contribution in [0, 0.1) is 0 Å². The number of aliphatic hydroxyl groups is 1. The van der Waals surface area contributed by atoms with Crippen molar-refractivity contribution < 1.29 is 19.4 Å². The Labute approximate surface area is 59.7 Å². The van der Waals surface area contributed by atoms with E-state index in [9.17, 15) is 4.79 Å². The lowest BCUT2D eigenvalue weighted by Gasteiger charge is -2.10. The molecule has 0 heterocycles. The monoisotopic (exact) mass is 148 g/mol. The Morgan fingerprint density at radius 1 is 1.70 bits per heavy atom. The van der Waals surface area contributed by atoms with Gasteiger partial charge in [-0.05, 0) is 13.8 Å². The average molecular weight is 148 g/mol. The van der Waals surface area contributed by atoms with Gasteiger partial charge in [-0.3, -0.25) is 0 Å². The largest absolute Gasteiger partial charge is 0.434 e. The lowest BCUT2D eigenvalue weighted by atomic mass is 10.7. The molecule has 0 aliphatic carbocycles. The molecular weight excluding hydrogens is 136 g/mol. The third-order valence-electron chi connectivity index (χ3n) is 0.828. The molecule has 1 unspecified atom stereocenters. The Morgan fingerprint density at radius 3 is 2.70 bits per heavy atom. The van der Waals surface area contributed by atoms with Gasteiger partial charge in [0, 0.05) is 6.61 Å². The van der Waals surface area contributed by atoms with E-state index in [0.717, 1.165) is 0 Å². The molecule has 4 nitrogen and oxygen atoms in total. The van der Waals surface area contributed by atoms with Gasteiger partial charge < -0.3 is 14.6 Å². The highest BCUT2D eigenvalue weighted by Gasteiger charge is 2.05.